The second-order valence-electron chi connectivity index (χ2n) is 0.696. The molecular weight excluding hydrogens is 72.0 g/mol. The van der Waals surface area contributed by atoms with Gasteiger partial charge < -0.3 is 5.11 Å². The molecule has 0 aromatic carbocycles. The summed E-state index contributed by atoms with van der Waals surface area (Å²) in [4.78, 5) is 3.06. The Labute approximate surface area is 29.7 Å². The first kappa shape index (κ1) is 4.88. The molecule has 0 saturated heterocycles. The van der Waals surface area contributed by atoms with E-state index in [0.717, 1.165) is 0 Å². The lowest BCUT2D eigenvalue weighted by Gasteiger charge is -1.87. The molecule has 31 valence electrons. The average molecular weight is 77.1 g/mol. The highest BCUT2D eigenvalue weighted by molar-refractivity contribution is 4.06. The van der Waals surface area contributed by atoms with Crippen LogP contribution >= 0.6 is 0 Å². The molecule has 0 aromatic heterocycles. The maximum Gasteiger partial charge on any atom is 0.189 e. The quantitative estimate of drug-likeness (QED) is 0.265. The van der Waals surface area contributed by atoms with Crippen LogP contribution in [0.15, 0.2) is 0 Å². The Bertz CT molecular complexity index is 18.9. The number of hydrogen-bond acceptors (Lipinski definition) is 2. The Balaban J connectivity index is 2.54. The summed E-state index contributed by atoms with van der Waals surface area (Å²) in [6.07, 6.45) is -1.17. The first-order valence-corrected chi connectivity index (χ1v) is 1.24. The van der Waals surface area contributed by atoms with Crippen LogP contribution in [0.1, 0.15) is 6.92 Å². The van der Waals surface area contributed by atoms with Crippen LogP contribution in [0.25, 0.3) is 0 Å². The van der Waals surface area contributed by atoms with E-state index in [-0.39, 0.29) is 0 Å². The van der Waals surface area contributed by atoms with E-state index in [4.69, 9.17) is 10.4 Å². The topological polar surface area (TPSA) is 49.4 Å². The van der Waals surface area contributed by atoms with Gasteiger partial charge in [-0.3, -0.25) is 0 Å². The van der Waals surface area contributed by atoms with Gasteiger partial charge in [0.25, 0.3) is 0 Å². The minimum absolute atomic E-state index is 1.17. The second kappa shape index (κ2) is 2.14. The van der Waals surface area contributed by atoms with E-state index in [2.05, 4.69) is 4.89 Å². The van der Waals surface area contributed by atoms with Crippen LogP contribution in [0.5, 0.6) is 0 Å². The zero-order valence-corrected chi connectivity index (χ0v) is 2.84. The van der Waals surface area contributed by atoms with Crippen LogP contribution in [0.2, 0.25) is 0 Å². The molecule has 5 heavy (non-hydrogen) atoms. The van der Waals surface area contributed by atoms with Crippen molar-refractivity contribution in [1.82, 2.24) is 0 Å². The van der Waals surface area contributed by atoms with Gasteiger partial charge in [-0.2, -0.15) is 4.89 Å². The summed E-state index contributed by atoms with van der Waals surface area (Å²) in [5.74, 6) is 0. The Morgan fingerprint density at radius 3 is 2.20 bits per heavy atom. The van der Waals surface area contributed by atoms with E-state index in [1.165, 1.54) is 6.92 Å². The van der Waals surface area contributed by atoms with Crippen molar-refractivity contribution in [1.29, 1.82) is 0 Å². The van der Waals surface area contributed by atoms with Crippen LogP contribution in [0, 0.1) is 0 Å². The number of aliphatic hydroxyl groups is 1. The summed E-state index contributed by atoms with van der Waals surface area (Å²) in [5.41, 5.74) is 0. The fraction of sp³-hybridized carbons (Fsp3) is 1.00. The normalized spacial score (nSPS) is 15.0. The number of aliphatic hydroxyl groups excluding tert-OH is 1. The SMILES string of the molecule is CC(O)O[O]. The first-order chi connectivity index (χ1) is 2.27. The van der Waals surface area contributed by atoms with Crippen molar-refractivity contribution in [2.75, 3.05) is 0 Å². The number of hydrogen-bond donors (Lipinski definition) is 1. The highest BCUT2D eigenvalue weighted by Gasteiger charge is 1.85. The fourth-order valence-corrected chi connectivity index (χ4v) is 0. The van der Waals surface area contributed by atoms with Gasteiger partial charge in [-0.05, 0) is 12.2 Å². The minimum atomic E-state index is -1.17. The highest BCUT2D eigenvalue weighted by atomic mass is 17.1. The second-order valence-corrected chi connectivity index (χ2v) is 0.696. The monoisotopic (exact) mass is 77.0 g/mol. The van der Waals surface area contributed by atoms with Crippen LogP contribution in [0.4, 0.5) is 0 Å². The average Bonchev–Trinajstić information content (AvgIpc) is 1.38. The predicted molar refractivity (Wildman–Crippen MR) is 13.5 cm³/mol. The van der Waals surface area contributed by atoms with Gasteiger partial charge in [0.2, 0.25) is 0 Å². The molecule has 0 saturated carbocycles. The maximum absolute atomic E-state index is 8.88. The zero-order valence-electron chi connectivity index (χ0n) is 2.84. The molecular formula is C2H5O3. The summed E-state index contributed by atoms with van der Waals surface area (Å²) in [6, 6.07) is 0. The molecule has 0 bridgehead atoms. The van der Waals surface area contributed by atoms with Gasteiger partial charge >= 0.3 is 0 Å². The molecule has 0 aromatic rings. The summed E-state index contributed by atoms with van der Waals surface area (Å²) < 4.78 is 0. The van der Waals surface area contributed by atoms with E-state index in [0.29, 0.717) is 0 Å². The third-order valence-electron chi connectivity index (χ3n) is 0.139. The Morgan fingerprint density at radius 2 is 2.20 bits per heavy atom. The Morgan fingerprint density at radius 1 is 2.00 bits per heavy atom. The molecule has 3 heteroatoms. The largest absolute Gasteiger partial charge is 0.366 e. The summed E-state index contributed by atoms with van der Waals surface area (Å²) in [7, 11) is 0. The Hall–Kier alpha value is -0.120. The van der Waals surface area contributed by atoms with Gasteiger partial charge in [-0.1, -0.05) is 0 Å². The molecule has 1 atom stereocenters. The maximum atomic E-state index is 8.88. The van der Waals surface area contributed by atoms with E-state index in [1.807, 2.05) is 0 Å². The van der Waals surface area contributed by atoms with Gasteiger partial charge in [-0.15, -0.1) is 0 Å². The Kier molecular flexibility index (Phi) is 2.09. The van der Waals surface area contributed by atoms with Crippen LogP contribution in [0.3, 0.4) is 0 Å². The van der Waals surface area contributed by atoms with E-state index in [1.54, 1.807) is 0 Å². The summed E-state index contributed by atoms with van der Waals surface area (Å²) in [6.45, 7) is 1.24. The van der Waals surface area contributed by atoms with Crippen molar-refractivity contribution >= 4 is 0 Å². The van der Waals surface area contributed by atoms with Crippen molar-refractivity contribution in [2.45, 2.75) is 13.2 Å². The van der Waals surface area contributed by atoms with Crippen molar-refractivity contribution < 1.29 is 15.3 Å². The van der Waals surface area contributed by atoms with E-state index < -0.39 is 6.29 Å². The molecule has 0 amide bonds. The predicted octanol–water partition coefficient (Wildman–Crippen LogP) is -0.313. The molecule has 0 heterocycles. The van der Waals surface area contributed by atoms with Gasteiger partial charge in [0, 0.05) is 0 Å². The third kappa shape index (κ3) is 3.88. The minimum Gasteiger partial charge on any atom is -0.366 e. The van der Waals surface area contributed by atoms with Gasteiger partial charge in [0.1, 0.15) is 0 Å². The highest BCUT2D eigenvalue weighted by Crippen LogP contribution is 1.73. The third-order valence-corrected chi connectivity index (χ3v) is 0.139. The number of rotatable bonds is 1. The molecule has 0 spiro atoms. The molecule has 1 radical (unpaired) electrons. The smallest absolute Gasteiger partial charge is 0.189 e. The zero-order chi connectivity index (χ0) is 4.28. The van der Waals surface area contributed by atoms with E-state index in [9.17, 15) is 0 Å². The lowest BCUT2D eigenvalue weighted by atomic mass is 10.8. The molecule has 0 aliphatic heterocycles. The van der Waals surface area contributed by atoms with Crippen molar-refractivity contribution in [3.05, 3.63) is 0 Å². The van der Waals surface area contributed by atoms with Crippen LogP contribution in [-0.4, -0.2) is 11.4 Å². The summed E-state index contributed by atoms with van der Waals surface area (Å²) in [5, 5.41) is 16.7. The molecule has 0 fully saturated rings. The van der Waals surface area contributed by atoms with Crippen LogP contribution in [-0.2, 0) is 10.1 Å². The van der Waals surface area contributed by atoms with E-state index >= 15 is 0 Å². The molecule has 0 aliphatic rings. The first-order valence-electron chi connectivity index (χ1n) is 1.24. The summed E-state index contributed by atoms with van der Waals surface area (Å²) >= 11 is 0. The van der Waals surface area contributed by atoms with Gasteiger partial charge in [-0.25, -0.2) is 0 Å². The van der Waals surface area contributed by atoms with Crippen LogP contribution < -0.4 is 0 Å². The van der Waals surface area contributed by atoms with Gasteiger partial charge in [0.05, 0.1) is 0 Å². The molecule has 0 rings (SSSR count). The standard InChI is InChI=1S/C2H5O3/c1-2(3)5-4/h2-3H,1H3. The van der Waals surface area contributed by atoms with Crippen molar-refractivity contribution in [3.63, 3.8) is 0 Å². The molecule has 1 unspecified atom stereocenters. The molecule has 0 aliphatic carbocycles. The molecule has 3 nitrogen and oxygen atoms in total. The lowest BCUT2D eigenvalue weighted by Crippen LogP contribution is -1.99. The lowest BCUT2D eigenvalue weighted by molar-refractivity contribution is -0.375. The van der Waals surface area contributed by atoms with Gasteiger partial charge in [0.15, 0.2) is 6.29 Å². The van der Waals surface area contributed by atoms with Crippen molar-refractivity contribution in [3.8, 4) is 0 Å². The fourth-order valence-electron chi connectivity index (χ4n) is 0. The van der Waals surface area contributed by atoms with Crippen molar-refractivity contribution in [2.24, 2.45) is 0 Å². The molecule has 1 N–H and O–H groups in total.